The molecule has 1 heterocycles. The lowest BCUT2D eigenvalue weighted by atomic mass is 9.93. The smallest absolute Gasteiger partial charge is 0.126 e. The second-order valence-electron chi connectivity index (χ2n) is 4.45. The SMILES string of the molecule is Nc1ncccc1CC1(O)CCC(N)C1. The number of aromatic nitrogens is 1. The highest BCUT2D eigenvalue weighted by molar-refractivity contribution is 5.39. The molecule has 0 aromatic carbocycles. The molecule has 1 fully saturated rings. The number of aliphatic hydroxyl groups is 1. The normalized spacial score (nSPS) is 30.7. The van der Waals surface area contributed by atoms with Crippen molar-refractivity contribution in [3.05, 3.63) is 23.9 Å². The number of nitrogens with two attached hydrogens (primary N) is 2. The van der Waals surface area contributed by atoms with Gasteiger partial charge in [0.2, 0.25) is 0 Å². The summed E-state index contributed by atoms with van der Waals surface area (Å²) in [5.74, 6) is 0.506. The monoisotopic (exact) mass is 207 g/mol. The van der Waals surface area contributed by atoms with Gasteiger partial charge in [-0.1, -0.05) is 6.07 Å². The van der Waals surface area contributed by atoms with Gasteiger partial charge in [-0.15, -0.1) is 0 Å². The fourth-order valence-corrected chi connectivity index (χ4v) is 2.26. The van der Waals surface area contributed by atoms with E-state index in [1.807, 2.05) is 12.1 Å². The zero-order valence-electron chi connectivity index (χ0n) is 8.69. The zero-order valence-corrected chi connectivity index (χ0v) is 8.69. The van der Waals surface area contributed by atoms with Crippen LogP contribution in [-0.2, 0) is 6.42 Å². The average molecular weight is 207 g/mol. The molecule has 4 heteroatoms. The van der Waals surface area contributed by atoms with Gasteiger partial charge in [-0.3, -0.25) is 0 Å². The highest BCUT2D eigenvalue weighted by atomic mass is 16.3. The summed E-state index contributed by atoms with van der Waals surface area (Å²) >= 11 is 0. The lowest BCUT2D eigenvalue weighted by molar-refractivity contribution is 0.0469. The van der Waals surface area contributed by atoms with E-state index in [-0.39, 0.29) is 6.04 Å². The van der Waals surface area contributed by atoms with Gasteiger partial charge in [-0.25, -0.2) is 4.98 Å². The van der Waals surface area contributed by atoms with Crippen LogP contribution in [0.3, 0.4) is 0 Å². The Hall–Kier alpha value is -1.13. The minimum Gasteiger partial charge on any atom is -0.389 e. The summed E-state index contributed by atoms with van der Waals surface area (Å²) in [6.07, 6.45) is 4.50. The minimum atomic E-state index is -0.684. The van der Waals surface area contributed by atoms with Crippen LogP contribution in [0.1, 0.15) is 24.8 Å². The second-order valence-corrected chi connectivity index (χ2v) is 4.45. The van der Waals surface area contributed by atoms with E-state index in [1.165, 1.54) is 0 Å². The minimum absolute atomic E-state index is 0.118. The van der Waals surface area contributed by atoms with Gasteiger partial charge in [-0.2, -0.15) is 0 Å². The van der Waals surface area contributed by atoms with Crippen LogP contribution in [0.15, 0.2) is 18.3 Å². The quantitative estimate of drug-likeness (QED) is 0.657. The third kappa shape index (κ3) is 2.27. The Labute approximate surface area is 89.3 Å². The van der Waals surface area contributed by atoms with E-state index in [0.717, 1.165) is 18.4 Å². The number of anilines is 1. The van der Waals surface area contributed by atoms with E-state index >= 15 is 0 Å². The predicted octanol–water partition coefficient (Wildman–Crippen LogP) is 0.449. The first-order chi connectivity index (χ1) is 7.09. The molecular weight excluding hydrogens is 190 g/mol. The molecule has 0 amide bonds. The summed E-state index contributed by atoms with van der Waals surface area (Å²) in [5, 5.41) is 10.3. The summed E-state index contributed by atoms with van der Waals surface area (Å²) < 4.78 is 0. The zero-order chi connectivity index (χ0) is 10.9. The number of hydrogen-bond donors (Lipinski definition) is 3. The number of rotatable bonds is 2. The number of nitrogens with zero attached hydrogens (tertiary/aromatic N) is 1. The van der Waals surface area contributed by atoms with Crippen molar-refractivity contribution < 1.29 is 5.11 Å². The molecule has 1 saturated carbocycles. The van der Waals surface area contributed by atoms with Crippen molar-refractivity contribution in [2.24, 2.45) is 5.73 Å². The standard InChI is InChI=1S/C11H17N3O/c12-9-3-4-11(15,7-9)6-8-2-1-5-14-10(8)13/h1-2,5,9,15H,3-4,6-7,12H2,(H2,13,14). The van der Waals surface area contributed by atoms with Crippen LogP contribution in [0.5, 0.6) is 0 Å². The molecule has 4 nitrogen and oxygen atoms in total. The molecule has 0 aliphatic heterocycles. The van der Waals surface area contributed by atoms with Crippen LogP contribution >= 0.6 is 0 Å². The molecule has 1 aromatic heterocycles. The molecule has 0 radical (unpaired) electrons. The van der Waals surface area contributed by atoms with Gasteiger partial charge in [0.25, 0.3) is 0 Å². The first kappa shape index (κ1) is 10.4. The Bertz CT molecular complexity index is 355. The van der Waals surface area contributed by atoms with Crippen molar-refractivity contribution in [3.63, 3.8) is 0 Å². The topological polar surface area (TPSA) is 85.2 Å². The first-order valence-corrected chi connectivity index (χ1v) is 5.26. The Morgan fingerprint density at radius 2 is 2.40 bits per heavy atom. The maximum Gasteiger partial charge on any atom is 0.126 e. The maximum atomic E-state index is 10.3. The highest BCUT2D eigenvalue weighted by Crippen LogP contribution is 2.32. The number of hydrogen-bond acceptors (Lipinski definition) is 4. The van der Waals surface area contributed by atoms with Crippen LogP contribution in [0.25, 0.3) is 0 Å². The Morgan fingerprint density at radius 1 is 1.60 bits per heavy atom. The van der Waals surface area contributed by atoms with Gasteiger partial charge in [0.15, 0.2) is 0 Å². The second kappa shape index (κ2) is 3.79. The van der Waals surface area contributed by atoms with Gasteiger partial charge < -0.3 is 16.6 Å². The summed E-state index contributed by atoms with van der Waals surface area (Å²) in [7, 11) is 0. The van der Waals surface area contributed by atoms with E-state index in [0.29, 0.717) is 18.7 Å². The van der Waals surface area contributed by atoms with Crippen molar-refractivity contribution in [3.8, 4) is 0 Å². The van der Waals surface area contributed by atoms with Crippen molar-refractivity contribution in [1.29, 1.82) is 0 Å². The molecule has 0 spiro atoms. The maximum absolute atomic E-state index is 10.3. The predicted molar refractivity (Wildman–Crippen MR) is 59.1 cm³/mol. The summed E-state index contributed by atoms with van der Waals surface area (Å²) in [6, 6.07) is 3.86. The third-order valence-electron chi connectivity index (χ3n) is 3.07. The Balaban J connectivity index is 2.12. The Kier molecular flexibility index (Phi) is 2.63. The van der Waals surface area contributed by atoms with E-state index in [9.17, 15) is 5.11 Å². The van der Waals surface area contributed by atoms with Gasteiger partial charge in [-0.05, 0) is 30.9 Å². The first-order valence-electron chi connectivity index (χ1n) is 5.26. The largest absolute Gasteiger partial charge is 0.389 e. The fourth-order valence-electron chi connectivity index (χ4n) is 2.26. The molecule has 1 aliphatic carbocycles. The lowest BCUT2D eigenvalue weighted by Crippen LogP contribution is -2.30. The molecule has 2 atom stereocenters. The molecular formula is C11H17N3O. The summed E-state index contributed by atoms with van der Waals surface area (Å²) in [5.41, 5.74) is 11.8. The van der Waals surface area contributed by atoms with Crippen LogP contribution in [0.2, 0.25) is 0 Å². The van der Waals surface area contributed by atoms with Crippen LogP contribution in [0, 0.1) is 0 Å². The number of pyridine rings is 1. The highest BCUT2D eigenvalue weighted by Gasteiger charge is 2.36. The molecule has 2 rings (SSSR count). The van der Waals surface area contributed by atoms with Crippen LogP contribution in [-0.4, -0.2) is 21.7 Å². The van der Waals surface area contributed by atoms with Crippen molar-refractivity contribution >= 4 is 5.82 Å². The van der Waals surface area contributed by atoms with E-state index in [1.54, 1.807) is 6.20 Å². The molecule has 1 aromatic rings. The molecule has 5 N–H and O–H groups in total. The molecule has 15 heavy (non-hydrogen) atoms. The summed E-state index contributed by atoms with van der Waals surface area (Å²) in [6.45, 7) is 0. The van der Waals surface area contributed by atoms with E-state index in [2.05, 4.69) is 4.98 Å². The van der Waals surface area contributed by atoms with E-state index in [4.69, 9.17) is 11.5 Å². The van der Waals surface area contributed by atoms with Gasteiger partial charge in [0.05, 0.1) is 5.60 Å². The van der Waals surface area contributed by atoms with Crippen LogP contribution < -0.4 is 11.5 Å². The molecule has 1 aliphatic rings. The molecule has 0 bridgehead atoms. The van der Waals surface area contributed by atoms with Gasteiger partial charge in [0.1, 0.15) is 5.82 Å². The van der Waals surface area contributed by atoms with Crippen LogP contribution in [0.4, 0.5) is 5.82 Å². The average Bonchev–Trinajstić information content (AvgIpc) is 2.51. The van der Waals surface area contributed by atoms with Crippen molar-refractivity contribution in [1.82, 2.24) is 4.98 Å². The van der Waals surface area contributed by atoms with E-state index < -0.39 is 5.60 Å². The molecule has 0 saturated heterocycles. The summed E-state index contributed by atoms with van der Waals surface area (Å²) in [4.78, 5) is 4.01. The Morgan fingerprint density at radius 3 is 3.00 bits per heavy atom. The lowest BCUT2D eigenvalue weighted by Gasteiger charge is -2.22. The third-order valence-corrected chi connectivity index (χ3v) is 3.07. The van der Waals surface area contributed by atoms with Crippen molar-refractivity contribution in [2.45, 2.75) is 37.3 Å². The molecule has 2 unspecified atom stereocenters. The molecule has 82 valence electrons. The van der Waals surface area contributed by atoms with Gasteiger partial charge >= 0.3 is 0 Å². The van der Waals surface area contributed by atoms with Gasteiger partial charge in [0, 0.05) is 18.7 Å². The number of nitrogen functional groups attached to an aromatic ring is 1. The fraction of sp³-hybridized carbons (Fsp3) is 0.545. The van der Waals surface area contributed by atoms with Crippen molar-refractivity contribution in [2.75, 3.05) is 5.73 Å².